The summed E-state index contributed by atoms with van der Waals surface area (Å²) in [4.78, 5) is 14.3. The minimum Gasteiger partial charge on any atom is -0.478 e. The van der Waals surface area contributed by atoms with Gasteiger partial charge in [0.05, 0.1) is 13.2 Å². The van der Waals surface area contributed by atoms with Crippen molar-refractivity contribution >= 4 is 5.97 Å². The van der Waals surface area contributed by atoms with E-state index in [1.165, 1.54) is 11.6 Å². The summed E-state index contributed by atoms with van der Waals surface area (Å²) in [5.41, 5.74) is 9.20. The lowest BCUT2D eigenvalue weighted by atomic mass is 9.97. The first-order valence-electron chi connectivity index (χ1n) is 12.2. The van der Waals surface area contributed by atoms with Gasteiger partial charge in [-0.3, -0.25) is 10.3 Å². The van der Waals surface area contributed by atoms with Crippen molar-refractivity contribution in [1.82, 2.24) is 15.8 Å². The number of benzene rings is 3. The topological polar surface area (TPSA) is 83.1 Å². The van der Waals surface area contributed by atoms with Gasteiger partial charge in [-0.15, -0.1) is 0 Å². The van der Waals surface area contributed by atoms with Crippen LogP contribution in [-0.4, -0.2) is 61.7 Å². The highest BCUT2D eigenvalue weighted by molar-refractivity contribution is 5.91. The number of halogens is 1. The molecule has 0 spiro atoms. The number of hydrazine groups is 1. The van der Waals surface area contributed by atoms with E-state index in [-0.39, 0.29) is 11.3 Å². The van der Waals surface area contributed by atoms with E-state index < -0.39 is 18.2 Å². The number of carboxylic acid groups (broad SMARTS) is 1. The van der Waals surface area contributed by atoms with Crippen LogP contribution >= 0.6 is 0 Å². The Morgan fingerprint density at radius 3 is 2.58 bits per heavy atom. The van der Waals surface area contributed by atoms with Crippen molar-refractivity contribution in [3.05, 3.63) is 83.4 Å². The quantitative estimate of drug-likeness (QED) is 0.407. The summed E-state index contributed by atoms with van der Waals surface area (Å²) in [7, 11) is 0. The maximum absolute atomic E-state index is 14.1. The molecule has 2 heterocycles. The summed E-state index contributed by atoms with van der Waals surface area (Å²) in [6, 6.07) is 20.9. The number of hydrogen-bond donors (Lipinski definition) is 3. The number of nitrogens with one attached hydrogen (secondary N) is 2. The number of carboxylic acids is 1. The molecule has 3 aromatic carbocycles. The van der Waals surface area contributed by atoms with Gasteiger partial charge in [0.1, 0.15) is 17.1 Å². The number of ether oxygens (including phenoxy) is 2. The monoisotopic (exact) mass is 491 g/mol. The number of hydrogen-bond acceptors (Lipinski definition) is 6. The Hall–Kier alpha value is -3.30. The van der Waals surface area contributed by atoms with Gasteiger partial charge in [-0.25, -0.2) is 14.6 Å². The number of rotatable bonds is 8. The van der Waals surface area contributed by atoms with E-state index >= 15 is 0 Å². The Kier molecular flexibility index (Phi) is 7.58. The maximum Gasteiger partial charge on any atom is 0.339 e. The molecule has 0 amide bonds. The molecular weight excluding hydrogens is 461 g/mol. The SMILES string of the molecule is O=C(O)c1cc(C2CNNC2F)ccc1Oc1cccc(-c2ccc(CCN3CCOCC3)cc2)c1. The molecule has 2 aliphatic heterocycles. The summed E-state index contributed by atoms with van der Waals surface area (Å²) < 4.78 is 25.5. The highest BCUT2D eigenvalue weighted by Crippen LogP contribution is 2.33. The Bertz CT molecular complexity index is 1200. The smallest absolute Gasteiger partial charge is 0.339 e. The van der Waals surface area contributed by atoms with Crippen LogP contribution in [0.15, 0.2) is 66.7 Å². The molecule has 0 saturated carbocycles. The van der Waals surface area contributed by atoms with E-state index in [1.807, 2.05) is 18.2 Å². The van der Waals surface area contributed by atoms with E-state index in [0.717, 1.165) is 50.4 Å². The van der Waals surface area contributed by atoms with E-state index in [2.05, 4.69) is 40.0 Å². The molecule has 3 N–H and O–H groups in total. The van der Waals surface area contributed by atoms with Crippen molar-refractivity contribution in [2.45, 2.75) is 18.6 Å². The lowest BCUT2D eigenvalue weighted by Gasteiger charge is -2.26. The van der Waals surface area contributed by atoms with Crippen LogP contribution in [0.2, 0.25) is 0 Å². The minimum absolute atomic E-state index is 0.00150. The van der Waals surface area contributed by atoms with Crippen LogP contribution in [0.5, 0.6) is 11.5 Å². The van der Waals surface area contributed by atoms with E-state index in [9.17, 15) is 14.3 Å². The lowest BCUT2D eigenvalue weighted by molar-refractivity contribution is 0.0384. The van der Waals surface area contributed by atoms with Gasteiger partial charge in [0.25, 0.3) is 0 Å². The molecule has 2 fully saturated rings. The van der Waals surface area contributed by atoms with Crippen molar-refractivity contribution in [2.75, 3.05) is 39.4 Å². The van der Waals surface area contributed by atoms with Gasteiger partial charge in [-0.2, -0.15) is 0 Å². The van der Waals surface area contributed by atoms with Crippen molar-refractivity contribution in [1.29, 1.82) is 0 Å². The fourth-order valence-electron chi connectivity index (χ4n) is 4.63. The van der Waals surface area contributed by atoms with Crippen LogP contribution in [0.4, 0.5) is 4.39 Å². The predicted molar refractivity (Wildman–Crippen MR) is 135 cm³/mol. The van der Waals surface area contributed by atoms with Gasteiger partial charge in [0.15, 0.2) is 6.30 Å². The molecular formula is C28H30FN3O4. The fourth-order valence-corrected chi connectivity index (χ4v) is 4.63. The average molecular weight is 492 g/mol. The third-order valence-corrected chi connectivity index (χ3v) is 6.75. The molecule has 5 rings (SSSR count). The first kappa shape index (κ1) is 24.4. The van der Waals surface area contributed by atoms with E-state index in [0.29, 0.717) is 17.9 Å². The molecule has 36 heavy (non-hydrogen) atoms. The number of aromatic carboxylic acids is 1. The summed E-state index contributed by atoms with van der Waals surface area (Å²) in [5.74, 6) is -0.829. The van der Waals surface area contributed by atoms with Gasteiger partial charge in [-0.05, 0) is 52.9 Å². The molecule has 188 valence electrons. The maximum atomic E-state index is 14.1. The van der Waals surface area contributed by atoms with Crippen LogP contribution in [0.25, 0.3) is 11.1 Å². The number of morpholine rings is 1. The van der Waals surface area contributed by atoms with Gasteiger partial charge in [-0.1, -0.05) is 42.5 Å². The Morgan fingerprint density at radius 1 is 1.06 bits per heavy atom. The zero-order valence-electron chi connectivity index (χ0n) is 20.0. The van der Waals surface area contributed by atoms with Gasteiger partial charge in [0, 0.05) is 32.1 Å². The largest absolute Gasteiger partial charge is 0.478 e. The fraction of sp³-hybridized carbons (Fsp3) is 0.321. The van der Waals surface area contributed by atoms with Gasteiger partial charge in [0.2, 0.25) is 0 Å². The molecule has 2 unspecified atom stereocenters. The second-order valence-electron chi connectivity index (χ2n) is 9.13. The second-order valence-corrected chi connectivity index (χ2v) is 9.13. The van der Waals surface area contributed by atoms with Crippen molar-refractivity contribution < 1.29 is 23.8 Å². The van der Waals surface area contributed by atoms with Gasteiger partial charge >= 0.3 is 5.97 Å². The Labute approximate surface area is 209 Å². The number of nitrogens with zero attached hydrogens (tertiary/aromatic N) is 1. The van der Waals surface area contributed by atoms with Crippen molar-refractivity contribution in [3.63, 3.8) is 0 Å². The summed E-state index contributed by atoms with van der Waals surface area (Å²) in [6.07, 6.45) is -0.283. The average Bonchev–Trinajstić information content (AvgIpc) is 3.34. The van der Waals surface area contributed by atoms with Crippen LogP contribution in [0, 0.1) is 0 Å². The van der Waals surface area contributed by atoms with Crippen molar-refractivity contribution in [2.24, 2.45) is 0 Å². The Balaban J connectivity index is 1.28. The Morgan fingerprint density at radius 2 is 1.86 bits per heavy atom. The zero-order valence-corrected chi connectivity index (χ0v) is 20.0. The standard InChI is InChI=1S/C28H30FN3O4/c29-27-25(18-30-31-27)22-8-9-26(24(17-22)28(33)34)36-23-3-1-2-21(16-23)20-6-4-19(5-7-20)10-11-32-12-14-35-15-13-32/h1-9,16-17,25,27,30-31H,10-15,18H2,(H,33,34). The molecule has 8 heteroatoms. The van der Waals surface area contributed by atoms with E-state index in [4.69, 9.17) is 9.47 Å². The highest BCUT2D eigenvalue weighted by Gasteiger charge is 2.29. The van der Waals surface area contributed by atoms with Crippen LogP contribution in [0.3, 0.4) is 0 Å². The molecule has 2 saturated heterocycles. The summed E-state index contributed by atoms with van der Waals surface area (Å²) >= 11 is 0. The first-order valence-corrected chi connectivity index (χ1v) is 12.2. The van der Waals surface area contributed by atoms with Crippen LogP contribution < -0.4 is 15.6 Å². The predicted octanol–water partition coefficient (Wildman–Crippen LogP) is 4.21. The first-order chi connectivity index (χ1) is 17.6. The molecule has 2 atom stereocenters. The van der Waals surface area contributed by atoms with E-state index in [1.54, 1.807) is 18.2 Å². The third-order valence-electron chi connectivity index (χ3n) is 6.75. The third kappa shape index (κ3) is 5.74. The molecule has 0 bridgehead atoms. The number of alkyl halides is 1. The summed E-state index contributed by atoms with van der Waals surface area (Å²) in [5, 5.41) is 9.75. The highest BCUT2D eigenvalue weighted by atomic mass is 19.1. The lowest BCUT2D eigenvalue weighted by Crippen LogP contribution is -2.37. The second kappa shape index (κ2) is 11.2. The van der Waals surface area contributed by atoms with Gasteiger partial charge < -0.3 is 14.6 Å². The van der Waals surface area contributed by atoms with Crippen LogP contribution in [0.1, 0.15) is 27.4 Å². The molecule has 7 nitrogen and oxygen atoms in total. The normalized spacial score (nSPS) is 20.4. The molecule has 0 aromatic heterocycles. The minimum atomic E-state index is -1.28. The molecule has 0 radical (unpaired) electrons. The number of carbonyl (C=O) groups is 1. The van der Waals surface area contributed by atoms with Crippen LogP contribution in [-0.2, 0) is 11.2 Å². The molecule has 3 aromatic rings. The summed E-state index contributed by atoms with van der Waals surface area (Å²) in [6.45, 7) is 5.00. The van der Waals surface area contributed by atoms with Crippen molar-refractivity contribution in [3.8, 4) is 22.6 Å². The molecule has 2 aliphatic rings. The zero-order chi connectivity index (χ0) is 24.9. The molecule has 0 aliphatic carbocycles.